The molecule has 1 heterocycles. The molecule has 1 N–H and O–H groups in total. The summed E-state index contributed by atoms with van der Waals surface area (Å²) >= 11 is 0. The summed E-state index contributed by atoms with van der Waals surface area (Å²) in [7, 11) is 0. The van der Waals surface area contributed by atoms with Crippen LogP contribution in [0, 0.1) is 5.82 Å². The van der Waals surface area contributed by atoms with Crippen molar-refractivity contribution < 1.29 is 14.0 Å². The van der Waals surface area contributed by atoms with Crippen molar-refractivity contribution in [3.63, 3.8) is 0 Å². The van der Waals surface area contributed by atoms with Gasteiger partial charge in [0.05, 0.1) is 0 Å². The Morgan fingerprint density at radius 1 is 0.967 bits per heavy atom. The van der Waals surface area contributed by atoms with Crippen LogP contribution in [0.4, 0.5) is 4.39 Å². The van der Waals surface area contributed by atoms with Crippen molar-refractivity contribution in [2.24, 2.45) is 0 Å². The molecule has 0 atom stereocenters. The average molecular weight is 410 g/mol. The largest absolute Gasteiger partial charge is 0.352 e. The molecule has 2 aromatic carbocycles. The van der Waals surface area contributed by atoms with Crippen molar-refractivity contribution in [1.82, 2.24) is 15.1 Å². The minimum Gasteiger partial charge on any atom is -0.352 e. The second kappa shape index (κ2) is 11.3. The predicted octanol–water partition coefficient (Wildman–Crippen LogP) is 3.19. The second-order valence-electron chi connectivity index (χ2n) is 7.36. The molecule has 0 aliphatic carbocycles. The molecule has 1 saturated heterocycles. The zero-order chi connectivity index (χ0) is 21.2. The maximum Gasteiger partial charge on any atom is 0.251 e. The van der Waals surface area contributed by atoms with Crippen molar-refractivity contribution in [1.29, 1.82) is 0 Å². The lowest BCUT2D eigenvalue weighted by Gasteiger charge is -2.34. The van der Waals surface area contributed by atoms with Crippen LogP contribution in [0.5, 0.6) is 0 Å². The third-order valence-electron chi connectivity index (χ3n) is 5.16. The first-order valence-corrected chi connectivity index (χ1v) is 10.4. The van der Waals surface area contributed by atoms with Gasteiger partial charge >= 0.3 is 0 Å². The smallest absolute Gasteiger partial charge is 0.251 e. The van der Waals surface area contributed by atoms with Crippen LogP contribution >= 0.6 is 0 Å². The first kappa shape index (κ1) is 21.7. The molecule has 0 unspecified atom stereocenters. The molecular weight excluding hydrogens is 381 g/mol. The fourth-order valence-corrected chi connectivity index (χ4v) is 3.38. The molecule has 30 heavy (non-hydrogen) atoms. The van der Waals surface area contributed by atoms with Crippen LogP contribution in [-0.4, -0.2) is 60.9 Å². The summed E-state index contributed by atoms with van der Waals surface area (Å²) < 4.78 is 12.9. The topological polar surface area (TPSA) is 52.7 Å². The summed E-state index contributed by atoms with van der Waals surface area (Å²) in [5, 5.41) is 2.77. The van der Waals surface area contributed by atoms with Gasteiger partial charge < -0.3 is 10.2 Å². The van der Waals surface area contributed by atoms with Crippen LogP contribution < -0.4 is 5.32 Å². The minimum atomic E-state index is -0.371. The highest BCUT2D eigenvalue weighted by molar-refractivity contribution is 5.94. The molecule has 158 valence electrons. The van der Waals surface area contributed by atoms with Crippen LogP contribution in [0.25, 0.3) is 6.08 Å². The monoisotopic (exact) mass is 409 g/mol. The van der Waals surface area contributed by atoms with E-state index < -0.39 is 0 Å². The van der Waals surface area contributed by atoms with E-state index in [4.69, 9.17) is 0 Å². The molecule has 0 bridgehead atoms. The molecule has 0 saturated carbocycles. The minimum absolute atomic E-state index is 0.130. The van der Waals surface area contributed by atoms with E-state index in [1.807, 2.05) is 23.1 Å². The Balaban J connectivity index is 1.30. The molecule has 0 aromatic heterocycles. The Hall–Kier alpha value is -2.99. The lowest BCUT2D eigenvalue weighted by Crippen LogP contribution is -2.48. The van der Waals surface area contributed by atoms with E-state index in [1.165, 1.54) is 29.8 Å². The van der Waals surface area contributed by atoms with E-state index in [2.05, 4.69) is 34.5 Å². The molecule has 2 amide bonds. The molecule has 0 spiro atoms. The van der Waals surface area contributed by atoms with Crippen molar-refractivity contribution in [2.75, 3.05) is 39.3 Å². The molecule has 1 aliphatic rings. The molecule has 1 aliphatic heterocycles. The van der Waals surface area contributed by atoms with E-state index >= 15 is 0 Å². The van der Waals surface area contributed by atoms with Crippen molar-refractivity contribution in [3.8, 4) is 0 Å². The van der Waals surface area contributed by atoms with Crippen LogP contribution in [0.2, 0.25) is 0 Å². The van der Waals surface area contributed by atoms with Crippen LogP contribution in [0.1, 0.15) is 28.8 Å². The Morgan fingerprint density at radius 2 is 1.67 bits per heavy atom. The van der Waals surface area contributed by atoms with Gasteiger partial charge in [0.25, 0.3) is 5.91 Å². The van der Waals surface area contributed by atoms with E-state index in [0.29, 0.717) is 24.9 Å². The number of nitrogens with one attached hydrogen (secondary N) is 1. The first-order chi connectivity index (χ1) is 14.6. The first-order valence-electron chi connectivity index (χ1n) is 10.4. The second-order valence-corrected chi connectivity index (χ2v) is 7.36. The Kier molecular flexibility index (Phi) is 8.15. The summed E-state index contributed by atoms with van der Waals surface area (Å²) in [5.74, 6) is -0.491. The average Bonchev–Trinajstić information content (AvgIpc) is 2.78. The third-order valence-corrected chi connectivity index (χ3v) is 5.16. The summed E-state index contributed by atoms with van der Waals surface area (Å²) in [5.41, 5.74) is 1.61. The highest BCUT2D eigenvalue weighted by atomic mass is 19.1. The van der Waals surface area contributed by atoms with Gasteiger partial charge in [-0.25, -0.2) is 4.39 Å². The normalized spacial score (nSPS) is 14.8. The van der Waals surface area contributed by atoms with Gasteiger partial charge in [0.1, 0.15) is 5.82 Å². The zero-order valence-electron chi connectivity index (χ0n) is 17.1. The van der Waals surface area contributed by atoms with Gasteiger partial charge in [-0.3, -0.25) is 14.5 Å². The molecular formula is C24H28FN3O2. The number of carbonyl (C=O) groups is 2. The van der Waals surface area contributed by atoms with Gasteiger partial charge in [-0.1, -0.05) is 42.5 Å². The SMILES string of the molecule is O=C(NCCCC(=O)N1CCN(CC=Cc2ccccc2)CC1)c1ccc(F)cc1. The Labute approximate surface area is 177 Å². The number of benzene rings is 2. The highest BCUT2D eigenvalue weighted by Crippen LogP contribution is 2.07. The van der Waals surface area contributed by atoms with Gasteiger partial charge in [-0.15, -0.1) is 0 Å². The fraction of sp³-hybridized carbons (Fsp3) is 0.333. The van der Waals surface area contributed by atoms with Gasteiger partial charge in [0.2, 0.25) is 5.91 Å². The number of piperazine rings is 1. The van der Waals surface area contributed by atoms with Gasteiger partial charge in [0.15, 0.2) is 0 Å². The Morgan fingerprint density at radius 3 is 2.37 bits per heavy atom. The summed E-state index contributed by atoms with van der Waals surface area (Å²) in [6, 6.07) is 15.6. The molecule has 0 radical (unpaired) electrons. The number of hydrogen-bond donors (Lipinski definition) is 1. The zero-order valence-corrected chi connectivity index (χ0v) is 17.1. The number of hydrogen-bond acceptors (Lipinski definition) is 3. The molecule has 6 heteroatoms. The predicted molar refractivity (Wildman–Crippen MR) is 116 cm³/mol. The quantitative estimate of drug-likeness (QED) is 0.682. The number of rotatable bonds is 8. The van der Waals surface area contributed by atoms with Crippen molar-refractivity contribution >= 4 is 17.9 Å². The number of carbonyl (C=O) groups excluding carboxylic acids is 2. The molecule has 1 fully saturated rings. The van der Waals surface area contributed by atoms with Gasteiger partial charge in [-0.2, -0.15) is 0 Å². The van der Waals surface area contributed by atoms with Crippen LogP contribution in [0.15, 0.2) is 60.7 Å². The lowest BCUT2D eigenvalue weighted by molar-refractivity contribution is -0.132. The maximum absolute atomic E-state index is 12.9. The van der Waals surface area contributed by atoms with E-state index in [-0.39, 0.29) is 17.6 Å². The number of nitrogens with zero attached hydrogens (tertiary/aromatic N) is 2. The van der Waals surface area contributed by atoms with Crippen molar-refractivity contribution in [3.05, 3.63) is 77.6 Å². The van der Waals surface area contributed by atoms with E-state index in [0.717, 1.165) is 32.7 Å². The number of halogens is 1. The summed E-state index contributed by atoms with van der Waals surface area (Å²) in [6.45, 7) is 4.51. The maximum atomic E-state index is 12.9. The third kappa shape index (κ3) is 6.81. The highest BCUT2D eigenvalue weighted by Gasteiger charge is 2.20. The van der Waals surface area contributed by atoms with E-state index in [9.17, 15) is 14.0 Å². The van der Waals surface area contributed by atoms with Gasteiger partial charge in [0, 0.05) is 51.3 Å². The van der Waals surface area contributed by atoms with Crippen LogP contribution in [-0.2, 0) is 4.79 Å². The standard InChI is InChI=1S/C24H28FN3O2/c25-22-12-10-21(11-13-22)24(30)26-14-4-9-23(29)28-18-16-27(17-19-28)15-5-8-20-6-2-1-3-7-20/h1-3,5-8,10-13H,4,9,14-19H2,(H,26,30). The fourth-order valence-electron chi connectivity index (χ4n) is 3.38. The molecule has 2 aromatic rings. The Bertz CT molecular complexity index is 845. The molecule has 3 rings (SSSR count). The lowest BCUT2D eigenvalue weighted by atomic mass is 10.2. The number of amides is 2. The van der Waals surface area contributed by atoms with E-state index in [1.54, 1.807) is 0 Å². The summed E-state index contributed by atoms with van der Waals surface area (Å²) in [4.78, 5) is 28.6. The van der Waals surface area contributed by atoms with Gasteiger partial charge in [-0.05, 0) is 36.2 Å². The molecule has 5 nitrogen and oxygen atoms in total. The van der Waals surface area contributed by atoms with Crippen molar-refractivity contribution in [2.45, 2.75) is 12.8 Å². The summed E-state index contributed by atoms with van der Waals surface area (Å²) in [6.07, 6.45) is 5.29. The van der Waals surface area contributed by atoms with Crippen LogP contribution in [0.3, 0.4) is 0 Å².